The predicted octanol–water partition coefficient (Wildman–Crippen LogP) is -1.89. The topological polar surface area (TPSA) is 195 Å². The van der Waals surface area contributed by atoms with Crippen molar-refractivity contribution in [3.63, 3.8) is 0 Å². The molecule has 0 unspecified atom stereocenters. The van der Waals surface area contributed by atoms with Crippen molar-refractivity contribution in [2.24, 2.45) is 0 Å². The van der Waals surface area contributed by atoms with Crippen LogP contribution < -0.4 is 5.73 Å². The summed E-state index contributed by atoms with van der Waals surface area (Å²) in [5.74, 6) is 0.149. The van der Waals surface area contributed by atoms with Gasteiger partial charge < -0.3 is 39.9 Å². The lowest BCUT2D eigenvalue weighted by Crippen LogP contribution is -2.33. The molecule has 4 atom stereocenters. The summed E-state index contributed by atoms with van der Waals surface area (Å²) in [6.45, 7) is -0.550. The number of ether oxygens (including phenoxy) is 3. The lowest BCUT2D eigenvalue weighted by Gasteiger charge is -2.16. The fraction of sp³-hybridized carbons (Fsp3) is 0.545. The van der Waals surface area contributed by atoms with Crippen molar-refractivity contribution in [2.75, 3.05) is 18.9 Å². The molecule has 2 aromatic rings. The quantitative estimate of drug-likeness (QED) is 0.214. The van der Waals surface area contributed by atoms with Crippen molar-refractivity contribution in [3.05, 3.63) is 12.7 Å². The largest absolute Gasteiger partial charge is 0.385 e. The number of imidazole rings is 1. The second-order valence-electron chi connectivity index (χ2n) is 5.24. The van der Waals surface area contributed by atoms with E-state index in [-0.39, 0.29) is 5.82 Å². The van der Waals surface area contributed by atoms with E-state index in [1.54, 1.807) is 0 Å². The molecule has 3 rings (SSSR count). The van der Waals surface area contributed by atoms with Crippen LogP contribution in [0.1, 0.15) is 6.23 Å². The number of nitrogen functional groups attached to an aromatic ring is 1. The minimum atomic E-state index is -4.33. The molecule has 6 N–H and O–H groups in total. The van der Waals surface area contributed by atoms with Gasteiger partial charge in [0.1, 0.15) is 24.1 Å². The van der Waals surface area contributed by atoms with E-state index >= 15 is 0 Å². The second-order valence-corrected chi connectivity index (χ2v) is 6.83. The summed E-state index contributed by atoms with van der Waals surface area (Å²) in [6, 6.07) is 0. The van der Waals surface area contributed by atoms with Crippen molar-refractivity contribution in [1.29, 1.82) is 0 Å². The first-order valence-electron chi connectivity index (χ1n) is 6.96. The first-order chi connectivity index (χ1) is 11.8. The minimum absolute atomic E-state index is 0.149. The van der Waals surface area contributed by atoms with E-state index in [0.717, 1.165) is 0 Å². The Labute approximate surface area is 140 Å². The first-order valence-corrected chi connectivity index (χ1v) is 8.76. The van der Waals surface area contributed by atoms with E-state index in [2.05, 4.69) is 19.7 Å². The van der Waals surface area contributed by atoms with Gasteiger partial charge >= 0.3 is 7.60 Å². The molecule has 1 fully saturated rings. The summed E-state index contributed by atoms with van der Waals surface area (Å²) >= 11 is 0. The standard InChI is InChI=1S/C11H16N5O8P/c12-8-5-9(14-1-13-8)16(2-15-5)10-6(17)7(18)11(24-10)23-3-22-4-25(19,20)21/h1-2,6-7,10-11,17-18H,3-4H2,(H2,12,13,14)(H2,19,20,21)/t6-,7+,10-,11+/m1/s1. The van der Waals surface area contributed by atoms with Crippen LogP contribution >= 0.6 is 7.60 Å². The number of hydrogen-bond acceptors (Lipinski definition) is 10. The molecule has 0 spiro atoms. The van der Waals surface area contributed by atoms with Crippen LogP contribution in [0, 0.1) is 0 Å². The highest BCUT2D eigenvalue weighted by Gasteiger charge is 2.45. The Morgan fingerprint density at radius 2 is 2.04 bits per heavy atom. The van der Waals surface area contributed by atoms with Gasteiger partial charge in [-0.25, -0.2) is 15.0 Å². The van der Waals surface area contributed by atoms with E-state index < -0.39 is 45.5 Å². The van der Waals surface area contributed by atoms with Gasteiger partial charge in [0.15, 0.2) is 37.1 Å². The fourth-order valence-corrected chi connectivity index (χ4v) is 2.64. The molecular weight excluding hydrogens is 361 g/mol. The number of nitrogens with zero attached hydrogens (tertiary/aromatic N) is 4. The molecule has 14 heteroatoms. The molecule has 3 heterocycles. The van der Waals surface area contributed by atoms with E-state index in [1.165, 1.54) is 17.2 Å². The van der Waals surface area contributed by atoms with Crippen LogP contribution in [-0.2, 0) is 18.8 Å². The molecule has 1 aliphatic rings. The fourth-order valence-electron chi connectivity index (χ4n) is 2.32. The van der Waals surface area contributed by atoms with Crippen LogP contribution in [0.3, 0.4) is 0 Å². The Morgan fingerprint density at radius 3 is 2.76 bits per heavy atom. The molecule has 0 amide bonds. The summed E-state index contributed by atoms with van der Waals surface area (Å²) in [7, 11) is -4.33. The minimum Gasteiger partial charge on any atom is -0.385 e. The van der Waals surface area contributed by atoms with Crippen LogP contribution in [-0.4, -0.2) is 71.2 Å². The third-order valence-corrected chi connectivity index (χ3v) is 3.95. The van der Waals surface area contributed by atoms with Crippen LogP contribution in [0.2, 0.25) is 0 Å². The molecule has 0 bridgehead atoms. The maximum absolute atomic E-state index is 10.7. The molecule has 25 heavy (non-hydrogen) atoms. The van der Waals surface area contributed by atoms with Crippen molar-refractivity contribution < 1.29 is 38.8 Å². The number of aliphatic hydroxyl groups excluding tert-OH is 2. The molecule has 0 saturated carbocycles. The van der Waals surface area contributed by atoms with Crippen LogP contribution in [0.5, 0.6) is 0 Å². The van der Waals surface area contributed by atoms with Crippen LogP contribution in [0.4, 0.5) is 5.82 Å². The van der Waals surface area contributed by atoms with Gasteiger partial charge in [0.25, 0.3) is 0 Å². The van der Waals surface area contributed by atoms with Crippen molar-refractivity contribution in [1.82, 2.24) is 19.5 Å². The molecule has 13 nitrogen and oxygen atoms in total. The summed E-state index contributed by atoms with van der Waals surface area (Å²) in [5.41, 5.74) is 6.29. The molecule has 0 radical (unpaired) electrons. The number of aliphatic hydroxyl groups is 2. The maximum atomic E-state index is 10.7. The molecule has 138 valence electrons. The Hall–Kier alpha value is -1.70. The highest BCUT2D eigenvalue weighted by molar-refractivity contribution is 7.51. The number of nitrogens with two attached hydrogens (primary N) is 1. The monoisotopic (exact) mass is 377 g/mol. The average Bonchev–Trinajstić information content (AvgIpc) is 3.08. The Balaban J connectivity index is 1.69. The SMILES string of the molecule is Nc1ncnc2c1ncn2[C@@H]1O[C@H](OCOCP(=O)(O)O)[C@@H](O)[C@H]1O. The van der Waals surface area contributed by atoms with Gasteiger partial charge in [0.2, 0.25) is 0 Å². The van der Waals surface area contributed by atoms with Gasteiger partial charge in [-0.1, -0.05) is 0 Å². The van der Waals surface area contributed by atoms with Gasteiger partial charge in [-0.2, -0.15) is 0 Å². The zero-order chi connectivity index (χ0) is 18.2. The molecule has 1 saturated heterocycles. The molecular formula is C11H16N5O8P. The first kappa shape index (κ1) is 18.1. The van der Waals surface area contributed by atoms with Gasteiger partial charge in [-0.15, -0.1) is 0 Å². The zero-order valence-electron chi connectivity index (χ0n) is 12.6. The van der Waals surface area contributed by atoms with E-state index in [4.69, 9.17) is 25.0 Å². The maximum Gasteiger partial charge on any atom is 0.351 e. The molecule has 0 aliphatic carbocycles. The van der Waals surface area contributed by atoms with Crippen LogP contribution in [0.15, 0.2) is 12.7 Å². The zero-order valence-corrected chi connectivity index (χ0v) is 13.5. The van der Waals surface area contributed by atoms with Gasteiger partial charge in [0, 0.05) is 0 Å². The summed E-state index contributed by atoms with van der Waals surface area (Å²) < 4.78 is 27.2. The van der Waals surface area contributed by atoms with E-state index in [1.807, 2.05) is 0 Å². The lowest BCUT2D eigenvalue weighted by atomic mass is 10.2. The summed E-state index contributed by atoms with van der Waals surface area (Å²) in [5, 5.41) is 20.2. The second kappa shape index (κ2) is 6.90. The predicted molar refractivity (Wildman–Crippen MR) is 79.6 cm³/mol. The summed E-state index contributed by atoms with van der Waals surface area (Å²) in [4.78, 5) is 29.2. The Kier molecular flexibility index (Phi) is 4.99. The number of hydrogen-bond donors (Lipinski definition) is 5. The van der Waals surface area contributed by atoms with E-state index in [0.29, 0.717) is 11.2 Å². The third-order valence-electron chi connectivity index (χ3n) is 3.43. The van der Waals surface area contributed by atoms with Gasteiger partial charge in [0.05, 0.1) is 6.33 Å². The third kappa shape index (κ3) is 3.78. The molecule has 2 aromatic heterocycles. The molecule has 0 aromatic carbocycles. The van der Waals surface area contributed by atoms with Gasteiger partial charge in [-0.3, -0.25) is 9.13 Å². The summed E-state index contributed by atoms with van der Waals surface area (Å²) in [6.07, 6.45) is -3.46. The van der Waals surface area contributed by atoms with Crippen molar-refractivity contribution in [2.45, 2.75) is 24.7 Å². The van der Waals surface area contributed by atoms with Crippen LogP contribution in [0.25, 0.3) is 11.2 Å². The highest BCUT2D eigenvalue weighted by atomic mass is 31.2. The Bertz CT molecular complexity index is 796. The van der Waals surface area contributed by atoms with Gasteiger partial charge in [-0.05, 0) is 0 Å². The number of rotatable bonds is 6. The number of fused-ring (bicyclic) bond motifs is 1. The van der Waals surface area contributed by atoms with E-state index in [9.17, 15) is 14.8 Å². The number of aromatic nitrogens is 4. The Morgan fingerprint density at radius 1 is 1.28 bits per heavy atom. The normalized spacial score (nSPS) is 27.2. The lowest BCUT2D eigenvalue weighted by molar-refractivity contribution is -0.215. The number of anilines is 1. The average molecular weight is 377 g/mol. The highest BCUT2D eigenvalue weighted by Crippen LogP contribution is 2.35. The van der Waals surface area contributed by atoms with Crippen molar-refractivity contribution in [3.8, 4) is 0 Å². The smallest absolute Gasteiger partial charge is 0.351 e. The molecule has 1 aliphatic heterocycles. The van der Waals surface area contributed by atoms with Crippen molar-refractivity contribution >= 4 is 24.6 Å².